The van der Waals surface area contributed by atoms with E-state index in [-0.39, 0.29) is 17.9 Å². The summed E-state index contributed by atoms with van der Waals surface area (Å²) in [6.45, 7) is 4.98. The molecular formula is C20H26N2O2S. The van der Waals surface area contributed by atoms with Crippen LogP contribution in [0.1, 0.15) is 54.8 Å². The average molecular weight is 359 g/mol. The third-order valence-corrected chi connectivity index (χ3v) is 6.12. The molecule has 134 valence electrons. The third kappa shape index (κ3) is 3.87. The number of primary amides is 1. The predicted octanol–water partition coefficient (Wildman–Crippen LogP) is 3.97. The topological polar surface area (TPSA) is 63.4 Å². The van der Waals surface area contributed by atoms with Crippen molar-refractivity contribution in [2.24, 2.45) is 11.7 Å². The van der Waals surface area contributed by atoms with E-state index >= 15 is 0 Å². The lowest BCUT2D eigenvalue weighted by molar-refractivity contribution is -0.135. The molecule has 1 fully saturated rings. The molecule has 1 aromatic carbocycles. The van der Waals surface area contributed by atoms with E-state index in [1.807, 2.05) is 23.1 Å². The van der Waals surface area contributed by atoms with E-state index in [4.69, 9.17) is 5.73 Å². The number of fused-ring (bicyclic) bond motifs is 1. The van der Waals surface area contributed by atoms with Gasteiger partial charge in [-0.05, 0) is 48.6 Å². The Labute approximate surface area is 153 Å². The Balaban J connectivity index is 1.91. The van der Waals surface area contributed by atoms with Crippen molar-refractivity contribution in [1.82, 2.24) is 4.90 Å². The first-order chi connectivity index (χ1) is 12.0. The number of carbonyl (C=O) groups excluding carboxylic acids is 2. The van der Waals surface area contributed by atoms with Gasteiger partial charge in [-0.2, -0.15) is 0 Å². The van der Waals surface area contributed by atoms with Gasteiger partial charge in [-0.15, -0.1) is 11.3 Å². The summed E-state index contributed by atoms with van der Waals surface area (Å²) in [5.74, 6) is 0.227. The van der Waals surface area contributed by atoms with Crippen LogP contribution in [0.4, 0.5) is 0 Å². The molecule has 0 bridgehead atoms. The molecule has 25 heavy (non-hydrogen) atoms. The van der Waals surface area contributed by atoms with Crippen molar-refractivity contribution in [3.63, 3.8) is 0 Å². The number of likely N-dealkylation sites (tertiary alicyclic amines) is 1. The maximum atomic E-state index is 12.7. The van der Waals surface area contributed by atoms with Crippen molar-refractivity contribution >= 4 is 33.2 Å². The Morgan fingerprint density at radius 2 is 2.04 bits per heavy atom. The van der Waals surface area contributed by atoms with Crippen molar-refractivity contribution < 1.29 is 9.59 Å². The highest BCUT2D eigenvalue weighted by atomic mass is 32.1. The number of benzene rings is 1. The zero-order chi connectivity index (χ0) is 18.0. The standard InChI is InChI=1S/C20H26N2O2S/c1-13(2)11-18(23)22-10-6-5-7-14(22)12-16-15-8-3-4-9-17(15)25-19(16)20(21)24/h3-4,8-9,13-14H,5-7,10-12H2,1-2H3,(H2,21,24). The van der Waals surface area contributed by atoms with Crippen LogP contribution in [-0.4, -0.2) is 29.3 Å². The first kappa shape index (κ1) is 17.9. The van der Waals surface area contributed by atoms with Gasteiger partial charge in [-0.3, -0.25) is 9.59 Å². The van der Waals surface area contributed by atoms with E-state index in [9.17, 15) is 9.59 Å². The Hall–Kier alpha value is -1.88. The van der Waals surface area contributed by atoms with Crippen molar-refractivity contribution in [3.05, 3.63) is 34.7 Å². The molecule has 4 nitrogen and oxygen atoms in total. The number of piperidine rings is 1. The van der Waals surface area contributed by atoms with Crippen molar-refractivity contribution in [3.8, 4) is 0 Å². The molecular weight excluding hydrogens is 332 g/mol. The first-order valence-corrected chi connectivity index (χ1v) is 9.88. The summed E-state index contributed by atoms with van der Waals surface area (Å²) >= 11 is 1.46. The van der Waals surface area contributed by atoms with Crippen LogP contribution in [0.3, 0.4) is 0 Å². The zero-order valence-corrected chi connectivity index (χ0v) is 15.8. The summed E-state index contributed by atoms with van der Waals surface area (Å²) in [5, 5.41) is 1.10. The van der Waals surface area contributed by atoms with Gasteiger partial charge in [0.25, 0.3) is 5.91 Å². The SMILES string of the molecule is CC(C)CC(=O)N1CCCCC1Cc1c(C(N)=O)sc2ccccc12. The van der Waals surface area contributed by atoms with Crippen LogP contribution in [0.15, 0.2) is 24.3 Å². The summed E-state index contributed by atoms with van der Waals surface area (Å²) in [5.41, 5.74) is 6.65. The van der Waals surface area contributed by atoms with E-state index in [0.29, 0.717) is 23.6 Å². The maximum Gasteiger partial charge on any atom is 0.259 e. The predicted molar refractivity (Wildman–Crippen MR) is 103 cm³/mol. The lowest BCUT2D eigenvalue weighted by Crippen LogP contribution is -2.45. The average Bonchev–Trinajstić information content (AvgIpc) is 2.94. The highest BCUT2D eigenvalue weighted by molar-refractivity contribution is 7.21. The number of hydrogen-bond acceptors (Lipinski definition) is 3. The maximum absolute atomic E-state index is 12.7. The molecule has 0 saturated carbocycles. The van der Waals surface area contributed by atoms with Crippen molar-refractivity contribution in [2.75, 3.05) is 6.54 Å². The second-order valence-electron chi connectivity index (χ2n) is 7.31. The minimum atomic E-state index is -0.368. The van der Waals surface area contributed by atoms with Crippen LogP contribution in [0.5, 0.6) is 0 Å². The highest BCUT2D eigenvalue weighted by Gasteiger charge is 2.29. The summed E-state index contributed by atoms with van der Waals surface area (Å²) in [6, 6.07) is 8.21. The van der Waals surface area contributed by atoms with Crippen LogP contribution in [0.25, 0.3) is 10.1 Å². The molecule has 1 aliphatic heterocycles. The van der Waals surface area contributed by atoms with E-state index in [2.05, 4.69) is 19.9 Å². The highest BCUT2D eigenvalue weighted by Crippen LogP contribution is 2.34. The second-order valence-corrected chi connectivity index (χ2v) is 8.36. The van der Waals surface area contributed by atoms with E-state index in [1.54, 1.807) is 0 Å². The van der Waals surface area contributed by atoms with E-state index < -0.39 is 0 Å². The molecule has 2 amide bonds. The van der Waals surface area contributed by atoms with Crippen molar-refractivity contribution in [2.45, 2.75) is 52.0 Å². The molecule has 0 aliphatic carbocycles. The lowest BCUT2D eigenvalue weighted by atomic mass is 9.93. The number of nitrogens with zero attached hydrogens (tertiary/aromatic N) is 1. The fourth-order valence-electron chi connectivity index (χ4n) is 3.74. The fourth-order valence-corrected chi connectivity index (χ4v) is 4.83. The monoisotopic (exact) mass is 358 g/mol. The Morgan fingerprint density at radius 3 is 2.76 bits per heavy atom. The Kier molecular flexibility index (Phi) is 5.42. The Bertz CT molecular complexity index is 781. The van der Waals surface area contributed by atoms with Crippen LogP contribution in [-0.2, 0) is 11.2 Å². The quantitative estimate of drug-likeness (QED) is 0.879. The van der Waals surface area contributed by atoms with Gasteiger partial charge in [0.15, 0.2) is 0 Å². The van der Waals surface area contributed by atoms with Gasteiger partial charge in [0, 0.05) is 23.7 Å². The molecule has 2 N–H and O–H groups in total. The minimum Gasteiger partial charge on any atom is -0.365 e. The summed E-state index contributed by atoms with van der Waals surface area (Å²) in [7, 11) is 0. The van der Waals surface area contributed by atoms with Crippen LogP contribution in [0, 0.1) is 5.92 Å². The van der Waals surface area contributed by atoms with Gasteiger partial charge in [0.2, 0.25) is 5.91 Å². The normalized spacial score (nSPS) is 18.0. The van der Waals surface area contributed by atoms with Gasteiger partial charge in [-0.1, -0.05) is 32.0 Å². The summed E-state index contributed by atoms with van der Waals surface area (Å²) < 4.78 is 1.09. The number of carbonyl (C=O) groups is 2. The first-order valence-electron chi connectivity index (χ1n) is 9.07. The molecule has 1 atom stereocenters. The van der Waals surface area contributed by atoms with Gasteiger partial charge in [0.05, 0.1) is 4.88 Å². The summed E-state index contributed by atoms with van der Waals surface area (Å²) in [4.78, 5) is 27.3. The molecule has 1 aliphatic rings. The molecule has 1 unspecified atom stereocenters. The molecule has 5 heteroatoms. The number of thiophene rings is 1. The van der Waals surface area contributed by atoms with E-state index in [0.717, 1.165) is 41.5 Å². The lowest BCUT2D eigenvalue weighted by Gasteiger charge is -2.36. The number of nitrogens with two attached hydrogens (primary N) is 1. The molecule has 2 aromatic rings. The van der Waals surface area contributed by atoms with Crippen LogP contribution < -0.4 is 5.73 Å². The largest absolute Gasteiger partial charge is 0.365 e. The number of hydrogen-bond donors (Lipinski definition) is 1. The van der Waals surface area contributed by atoms with Crippen LogP contribution in [0.2, 0.25) is 0 Å². The van der Waals surface area contributed by atoms with Gasteiger partial charge in [0.1, 0.15) is 0 Å². The van der Waals surface area contributed by atoms with Gasteiger partial charge >= 0.3 is 0 Å². The molecule has 1 saturated heterocycles. The molecule has 2 heterocycles. The van der Waals surface area contributed by atoms with Crippen molar-refractivity contribution in [1.29, 1.82) is 0 Å². The number of amides is 2. The second kappa shape index (κ2) is 7.56. The molecule has 0 radical (unpaired) electrons. The van der Waals surface area contributed by atoms with Gasteiger partial charge < -0.3 is 10.6 Å². The molecule has 1 aromatic heterocycles. The van der Waals surface area contributed by atoms with E-state index in [1.165, 1.54) is 11.3 Å². The zero-order valence-electron chi connectivity index (χ0n) is 15.0. The minimum absolute atomic E-state index is 0.163. The summed E-state index contributed by atoms with van der Waals surface area (Å²) in [6.07, 6.45) is 4.49. The molecule has 3 rings (SSSR count). The molecule has 0 spiro atoms. The smallest absolute Gasteiger partial charge is 0.259 e. The van der Waals surface area contributed by atoms with Crippen LogP contribution >= 0.6 is 11.3 Å². The third-order valence-electron chi connectivity index (χ3n) is 4.89. The Morgan fingerprint density at radius 1 is 1.28 bits per heavy atom. The van der Waals surface area contributed by atoms with Gasteiger partial charge in [-0.25, -0.2) is 0 Å². The fraction of sp³-hybridized carbons (Fsp3) is 0.500. The number of rotatable bonds is 5.